The minimum atomic E-state index is -0.139. The van der Waals surface area contributed by atoms with E-state index in [1.807, 2.05) is 6.07 Å². The number of nitrogens with zero attached hydrogens (tertiary/aromatic N) is 1. The van der Waals surface area contributed by atoms with Crippen LogP contribution in [0.5, 0.6) is 0 Å². The summed E-state index contributed by atoms with van der Waals surface area (Å²) in [6.45, 7) is 0. The van der Waals surface area contributed by atoms with Crippen molar-refractivity contribution in [1.82, 2.24) is 0 Å². The van der Waals surface area contributed by atoms with Crippen molar-refractivity contribution in [3.63, 3.8) is 0 Å². The van der Waals surface area contributed by atoms with Gasteiger partial charge in [0.15, 0.2) is 0 Å². The maximum atomic E-state index is 9.14. The summed E-state index contributed by atoms with van der Waals surface area (Å²) in [5, 5.41) is 12.6. The minimum absolute atomic E-state index is 0.139. The number of nitriles is 1. The van der Waals surface area contributed by atoms with Crippen molar-refractivity contribution >= 4 is 21.4 Å². The summed E-state index contributed by atoms with van der Waals surface area (Å²) in [7, 11) is 0. The lowest BCUT2D eigenvalue weighted by Gasteiger charge is -2.02. The third-order valence-electron chi connectivity index (χ3n) is 2.96. The van der Waals surface area contributed by atoms with E-state index in [0.717, 1.165) is 12.8 Å². The zero-order valence-corrected chi connectivity index (χ0v) is 8.47. The normalized spacial score (nSPS) is 17.9. The van der Waals surface area contributed by atoms with Gasteiger partial charge in [0, 0.05) is 4.70 Å². The molecule has 0 N–H and O–H groups in total. The molecular formula is C12H9NS. The molecule has 1 aromatic carbocycles. The summed E-state index contributed by atoms with van der Waals surface area (Å²) < 4.78 is 1.30. The third kappa shape index (κ3) is 0.935. The predicted molar refractivity (Wildman–Crippen MR) is 58.4 cm³/mol. The SMILES string of the molecule is N#CC1(c2csc3ccccc23)CC1. The summed E-state index contributed by atoms with van der Waals surface area (Å²) in [5.41, 5.74) is 1.11. The van der Waals surface area contributed by atoms with Crippen LogP contribution < -0.4 is 0 Å². The van der Waals surface area contributed by atoms with Crippen LogP contribution in [0.2, 0.25) is 0 Å². The number of rotatable bonds is 1. The Balaban J connectivity index is 2.29. The molecule has 0 radical (unpaired) electrons. The highest BCUT2D eigenvalue weighted by atomic mass is 32.1. The molecule has 2 heteroatoms. The molecule has 14 heavy (non-hydrogen) atoms. The molecule has 68 valence electrons. The van der Waals surface area contributed by atoms with Gasteiger partial charge in [0.05, 0.1) is 11.5 Å². The molecule has 0 saturated heterocycles. The fourth-order valence-corrected chi connectivity index (χ4v) is 2.97. The first-order chi connectivity index (χ1) is 6.86. The van der Waals surface area contributed by atoms with Crippen molar-refractivity contribution in [2.75, 3.05) is 0 Å². The molecule has 1 aromatic heterocycles. The molecule has 1 heterocycles. The van der Waals surface area contributed by atoms with Crippen molar-refractivity contribution in [2.24, 2.45) is 0 Å². The van der Waals surface area contributed by atoms with E-state index in [1.54, 1.807) is 11.3 Å². The summed E-state index contributed by atoms with van der Waals surface area (Å²) in [6, 6.07) is 10.8. The van der Waals surface area contributed by atoms with Crippen LogP contribution in [0.25, 0.3) is 10.1 Å². The molecule has 0 aliphatic heterocycles. The molecule has 0 unspecified atom stereocenters. The topological polar surface area (TPSA) is 23.8 Å². The van der Waals surface area contributed by atoms with Crippen LogP contribution in [0.15, 0.2) is 29.6 Å². The van der Waals surface area contributed by atoms with E-state index >= 15 is 0 Å². The molecule has 1 aliphatic rings. The lowest BCUT2D eigenvalue weighted by Crippen LogP contribution is -2.00. The van der Waals surface area contributed by atoms with Gasteiger partial charge in [-0.2, -0.15) is 5.26 Å². The van der Waals surface area contributed by atoms with Gasteiger partial charge in [-0.3, -0.25) is 0 Å². The highest BCUT2D eigenvalue weighted by Gasteiger charge is 2.46. The molecule has 0 atom stereocenters. The first kappa shape index (κ1) is 8.02. The van der Waals surface area contributed by atoms with Crippen molar-refractivity contribution in [1.29, 1.82) is 5.26 Å². The zero-order chi connectivity index (χ0) is 9.60. The van der Waals surface area contributed by atoms with Crippen molar-refractivity contribution in [3.05, 3.63) is 35.2 Å². The number of thiophene rings is 1. The third-order valence-corrected chi connectivity index (χ3v) is 3.92. The molecule has 0 bridgehead atoms. The number of hydrogen-bond donors (Lipinski definition) is 0. The van der Waals surface area contributed by atoms with Crippen molar-refractivity contribution < 1.29 is 0 Å². The largest absolute Gasteiger partial charge is 0.197 e. The Morgan fingerprint density at radius 1 is 1.29 bits per heavy atom. The Morgan fingerprint density at radius 2 is 2.07 bits per heavy atom. The van der Waals surface area contributed by atoms with Gasteiger partial charge in [0.2, 0.25) is 0 Å². The Morgan fingerprint density at radius 3 is 2.79 bits per heavy atom. The van der Waals surface area contributed by atoms with E-state index in [0.29, 0.717) is 0 Å². The van der Waals surface area contributed by atoms with E-state index in [-0.39, 0.29) is 5.41 Å². The van der Waals surface area contributed by atoms with Crippen molar-refractivity contribution in [3.8, 4) is 6.07 Å². The Hall–Kier alpha value is -1.33. The molecule has 2 aromatic rings. The smallest absolute Gasteiger partial charge is 0.0837 e. The fraction of sp³-hybridized carbons (Fsp3) is 0.250. The van der Waals surface area contributed by atoms with Gasteiger partial charge >= 0.3 is 0 Å². The van der Waals surface area contributed by atoms with E-state index < -0.39 is 0 Å². The van der Waals surface area contributed by atoms with Crippen LogP contribution >= 0.6 is 11.3 Å². The lowest BCUT2D eigenvalue weighted by atomic mass is 9.97. The van der Waals surface area contributed by atoms with Gasteiger partial charge in [-0.1, -0.05) is 18.2 Å². The van der Waals surface area contributed by atoms with Crippen molar-refractivity contribution in [2.45, 2.75) is 18.3 Å². The second-order valence-corrected chi connectivity index (χ2v) is 4.75. The molecule has 0 amide bonds. The van der Waals surface area contributed by atoms with Crippen LogP contribution in [-0.4, -0.2) is 0 Å². The van der Waals surface area contributed by atoms with Crippen LogP contribution in [0.4, 0.5) is 0 Å². The Labute approximate surface area is 86.6 Å². The van der Waals surface area contributed by atoms with Gasteiger partial charge in [-0.05, 0) is 35.2 Å². The molecule has 1 aliphatic carbocycles. The standard InChI is InChI=1S/C12H9NS/c13-8-12(5-6-12)10-7-14-11-4-2-1-3-9(10)11/h1-4,7H,5-6H2. The molecule has 1 nitrogen and oxygen atoms in total. The van der Waals surface area contributed by atoms with Crippen LogP contribution in [0.3, 0.4) is 0 Å². The average Bonchev–Trinajstić information content (AvgIpc) is 2.91. The average molecular weight is 199 g/mol. The monoisotopic (exact) mass is 199 g/mol. The van der Waals surface area contributed by atoms with Gasteiger partial charge in [-0.15, -0.1) is 11.3 Å². The molecule has 3 rings (SSSR count). The molecule has 1 fully saturated rings. The zero-order valence-electron chi connectivity index (χ0n) is 7.66. The fourth-order valence-electron chi connectivity index (χ4n) is 1.91. The maximum Gasteiger partial charge on any atom is 0.0837 e. The van der Waals surface area contributed by atoms with Crippen LogP contribution in [0.1, 0.15) is 18.4 Å². The van der Waals surface area contributed by atoms with E-state index in [9.17, 15) is 0 Å². The molecular weight excluding hydrogens is 190 g/mol. The van der Waals surface area contributed by atoms with Gasteiger partial charge in [0.25, 0.3) is 0 Å². The van der Waals surface area contributed by atoms with Gasteiger partial charge in [0.1, 0.15) is 0 Å². The van der Waals surface area contributed by atoms with E-state index in [2.05, 4.69) is 29.6 Å². The highest BCUT2D eigenvalue weighted by molar-refractivity contribution is 7.17. The molecule has 1 saturated carbocycles. The quantitative estimate of drug-likeness (QED) is 0.690. The second kappa shape index (κ2) is 2.59. The minimum Gasteiger partial charge on any atom is -0.197 e. The maximum absolute atomic E-state index is 9.14. The summed E-state index contributed by atoms with van der Waals surface area (Å²) in [4.78, 5) is 0. The van der Waals surface area contributed by atoms with Gasteiger partial charge in [-0.25, -0.2) is 0 Å². The highest BCUT2D eigenvalue weighted by Crippen LogP contribution is 2.51. The van der Waals surface area contributed by atoms with Gasteiger partial charge < -0.3 is 0 Å². The van der Waals surface area contributed by atoms with E-state index in [4.69, 9.17) is 5.26 Å². The van der Waals surface area contributed by atoms with E-state index in [1.165, 1.54) is 15.6 Å². The van der Waals surface area contributed by atoms with Crippen LogP contribution in [-0.2, 0) is 5.41 Å². The lowest BCUT2D eigenvalue weighted by molar-refractivity contribution is 0.926. The Kier molecular flexibility index (Phi) is 1.48. The molecule has 0 spiro atoms. The first-order valence-corrected chi connectivity index (χ1v) is 5.62. The summed E-state index contributed by atoms with van der Waals surface area (Å²) in [6.07, 6.45) is 2.06. The van der Waals surface area contributed by atoms with Crippen LogP contribution in [0, 0.1) is 11.3 Å². The Bertz CT molecular complexity index is 528. The second-order valence-electron chi connectivity index (χ2n) is 3.84. The number of benzene rings is 1. The number of hydrogen-bond acceptors (Lipinski definition) is 2. The first-order valence-electron chi connectivity index (χ1n) is 4.74. The number of fused-ring (bicyclic) bond motifs is 1. The predicted octanol–water partition coefficient (Wildman–Crippen LogP) is 3.46. The summed E-state index contributed by atoms with van der Waals surface area (Å²) >= 11 is 1.75. The summed E-state index contributed by atoms with van der Waals surface area (Å²) in [5.74, 6) is 0.